The molecule has 6 heteroatoms. The lowest BCUT2D eigenvalue weighted by Crippen LogP contribution is -2.39. The standard InChI is InChI=1S/C13H17ClN2O2S/c1-18-13(17)11(16-9-4-5-9)6-8-19-12-10(14)3-2-7-15-12/h2-3,7,9,11,16H,4-6,8H2,1H3. The first-order valence-electron chi connectivity index (χ1n) is 6.28. The maximum Gasteiger partial charge on any atom is 0.322 e. The lowest BCUT2D eigenvalue weighted by atomic mass is 10.2. The molecule has 4 nitrogen and oxygen atoms in total. The zero-order valence-corrected chi connectivity index (χ0v) is 12.3. The molecule has 0 aromatic carbocycles. The van der Waals surface area contributed by atoms with Gasteiger partial charge in [-0.25, -0.2) is 4.98 Å². The summed E-state index contributed by atoms with van der Waals surface area (Å²) in [7, 11) is 1.42. The summed E-state index contributed by atoms with van der Waals surface area (Å²) < 4.78 is 4.82. The van der Waals surface area contributed by atoms with Gasteiger partial charge in [0.15, 0.2) is 0 Å². The van der Waals surface area contributed by atoms with Gasteiger partial charge in [0.05, 0.1) is 12.1 Å². The molecule has 1 fully saturated rings. The van der Waals surface area contributed by atoms with E-state index in [1.54, 1.807) is 24.0 Å². The number of hydrogen-bond donors (Lipinski definition) is 1. The van der Waals surface area contributed by atoms with E-state index in [1.807, 2.05) is 6.07 Å². The Kier molecular flexibility index (Phi) is 5.48. The fraction of sp³-hybridized carbons (Fsp3) is 0.538. The summed E-state index contributed by atoms with van der Waals surface area (Å²) in [6.45, 7) is 0. The van der Waals surface area contributed by atoms with E-state index in [0.29, 0.717) is 17.5 Å². The van der Waals surface area contributed by atoms with E-state index < -0.39 is 0 Å². The van der Waals surface area contributed by atoms with Crippen molar-refractivity contribution in [2.45, 2.75) is 36.4 Å². The average Bonchev–Trinajstić information content (AvgIpc) is 3.23. The molecule has 1 unspecified atom stereocenters. The van der Waals surface area contributed by atoms with Gasteiger partial charge >= 0.3 is 5.97 Å². The number of ether oxygens (including phenoxy) is 1. The first kappa shape index (κ1) is 14.6. The van der Waals surface area contributed by atoms with Crippen molar-refractivity contribution < 1.29 is 9.53 Å². The maximum atomic E-state index is 11.6. The van der Waals surface area contributed by atoms with Crippen LogP contribution >= 0.6 is 23.4 Å². The highest BCUT2D eigenvalue weighted by Crippen LogP contribution is 2.26. The first-order chi connectivity index (χ1) is 9.20. The van der Waals surface area contributed by atoms with Crippen molar-refractivity contribution in [3.05, 3.63) is 23.4 Å². The molecular formula is C13H17ClN2O2S. The predicted molar refractivity (Wildman–Crippen MR) is 76.5 cm³/mol. The Morgan fingerprint density at radius 1 is 1.68 bits per heavy atom. The number of aromatic nitrogens is 1. The molecule has 19 heavy (non-hydrogen) atoms. The minimum atomic E-state index is -0.229. The number of methoxy groups -OCH3 is 1. The van der Waals surface area contributed by atoms with Crippen molar-refractivity contribution in [1.29, 1.82) is 0 Å². The third-order valence-electron chi connectivity index (χ3n) is 2.87. The van der Waals surface area contributed by atoms with E-state index in [1.165, 1.54) is 7.11 Å². The highest BCUT2D eigenvalue weighted by Gasteiger charge is 2.28. The highest BCUT2D eigenvalue weighted by molar-refractivity contribution is 7.99. The van der Waals surface area contributed by atoms with E-state index in [4.69, 9.17) is 16.3 Å². The molecule has 104 valence electrons. The van der Waals surface area contributed by atoms with Gasteiger partial charge in [-0.3, -0.25) is 4.79 Å². The SMILES string of the molecule is COC(=O)C(CCSc1ncccc1Cl)NC1CC1. The fourth-order valence-electron chi connectivity index (χ4n) is 1.70. The third-order valence-corrected chi connectivity index (χ3v) is 4.33. The van der Waals surface area contributed by atoms with E-state index in [9.17, 15) is 4.79 Å². The van der Waals surface area contributed by atoms with Gasteiger partial charge in [-0.05, 0) is 31.4 Å². The molecule has 1 aromatic heterocycles. The quantitative estimate of drug-likeness (QED) is 0.619. The Morgan fingerprint density at radius 3 is 3.11 bits per heavy atom. The second kappa shape index (κ2) is 7.12. The van der Waals surface area contributed by atoms with Crippen LogP contribution in [0.25, 0.3) is 0 Å². The second-order valence-electron chi connectivity index (χ2n) is 4.44. The second-order valence-corrected chi connectivity index (χ2v) is 5.94. The topological polar surface area (TPSA) is 51.2 Å². The average molecular weight is 301 g/mol. The number of nitrogens with one attached hydrogen (secondary N) is 1. The van der Waals surface area contributed by atoms with E-state index >= 15 is 0 Å². The summed E-state index contributed by atoms with van der Waals surface area (Å²) in [4.78, 5) is 15.9. The molecule has 0 spiro atoms. The minimum Gasteiger partial charge on any atom is -0.468 e. The van der Waals surface area contributed by atoms with Gasteiger partial charge in [-0.2, -0.15) is 0 Å². The van der Waals surface area contributed by atoms with Crippen molar-refractivity contribution in [2.75, 3.05) is 12.9 Å². The van der Waals surface area contributed by atoms with Crippen molar-refractivity contribution in [1.82, 2.24) is 10.3 Å². The summed E-state index contributed by atoms with van der Waals surface area (Å²) in [6.07, 6.45) is 4.72. The molecule has 2 rings (SSSR count). The van der Waals surface area contributed by atoms with Gasteiger partial charge in [0, 0.05) is 18.0 Å². The highest BCUT2D eigenvalue weighted by atomic mass is 35.5. The molecule has 1 aromatic rings. The Morgan fingerprint density at radius 2 is 2.47 bits per heavy atom. The fourth-order valence-corrected chi connectivity index (χ4v) is 2.87. The lowest BCUT2D eigenvalue weighted by Gasteiger charge is -2.15. The number of carbonyl (C=O) groups is 1. The zero-order chi connectivity index (χ0) is 13.7. The molecule has 0 radical (unpaired) electrons. The Balaban J connectivity index is 1.81. The van der Waals surface area contributed by atoms with Crippen LogP contribution in [0, 0.1) is 0 Å². The number of rotatable bonds is 7. The number of thioether (sulfide) groups is 1. The molecule has 1 saturated carbocycles. The molecule has 0 saturated heterocycles. The number of esters is 1. The van der Waals surface area contributed by atoms with Crippen molar-refractivity contribution in [3.8, 4) is 0 Å². The number of pyridine rings is 1. The number of nitrogens with zero attached hydrogens (tertiary/aromatic N) is 1. The van der Waals surface area contributed by atoms with Crippen LogP contribution < -0.4 is 5.32 Å². The summed E-state index contributed by atoms with van der Waals surface area (Å²) in [5, 5.41) is 4.76. The summed E-state index contributed by atoms with van der Waals surface area (Å²) in [5.74, 6) is 0.579. The summed E-state index contributed by atoms with van der Waals surface area (Å²) >= 11 is 7.59. The van der Waals surface area contributed by atoms with E-state index in [-0.39, 0.29) is 12.0 Å². The van der Waals surface area contributed by atoms with Crippen molar-refractivity contribution in [2.24, 2.45) is 0 Å². The van der Waals surface area contributed by atoms with Crippen LogP contribution in [0.4, 0.5) is 0 Å². The minimum absolute atomic E-state index is 0.195. The molecular weight excluding hydrogens is 284 g/mol. The molecule has 0 aliphatic heterocycles. The van der Waals surface area contributed by atoms with Crippen LogP contribution in [0.1, 0.15) is 19.3 Å². The van der Waals surface area contributed by atoms with Crippen molar-refractivity contribution >= 4 is 29.3 Å². The van der Waals surface area contributed by atoms with Crippen LogP contribution in [-0.2, 0) is 9.53 Å². The Labute approximate surface area is 122 Å². The molecule has 1 aliphatic rings. The molecule has 1 heterocycles. The number of halogens is 1. The smallest absolute Gasteiger partial charge is 0.322 e. The first-order valence-corrected chi connectivity index (χ1v) is 7.64. The number of carbonyl (C=O) groups excluding carboxylic acids is 1. The van der Waals surface area contributed by atoms with Gasteiger partial charge in [-0.1, -0.05) is 11.6 Å². The van der Waals surface area contributed by atoms with Gasteiger partial charge < -0.3 is 10.1 Å². The molecule has 1 aliphatic carbocycles. The molecule has 1 atom stereocenters. The van der Waals surface area contributed by atoms with Crippen LogP contribution in [0.3, 0.4) is 0 Å². The van der Waals surface area contributed by atoms with Gasteiger partial charge in [0.1, 0.15) is 11.1 Å². The predicted octanol–water partition coefficient (Wildman–Crippen LogP) is 2.51. The molecule has 0 bridgehead atoms. The van der Waals surface area contributed by atoms with Crippen LogP contribution in [-0.4, -0.2) is 35.9 Å². The Hall–Kier alpha value is -0.780. The number of hydrogen-bond acceptors (Lipinski definition) is 5. The van der Waals surface area contributed by atoms with E-state index in [2.05, 4.69) is 10.3 Å². The van der Waals surface area contributed by atoms with Gasteiger partial charge in [-0.15, -0.1) is 11.8 Å². The normalized spacial score (nSPS) is 16.1. The summed E-state index contributed by atoms with van der Waals surface area (Å²) in [5.41, 5.74) is 0. The largest absolute Gasteiger partial charge is 0.468 e. The van der Waals surface area contributed by atoms with Crippen LogP contribution in [0.15, 0.2) is 23.4 Å². The molecule has 1 N–H and O–H groups in total. The third kappa shape index (κ3) is 4.67. The van der Waals surface area contributed by atoms with Crippen LogP contribution in [0.5, 0.6) is 0 Å². The van der Waals surface area contributed by atoms with E-state index in [0.717, 1.165) is 23.6 Å². The Bertz CT molecular complexity index is 440. The zero-order valence-electron chi connectivity index (χ0n) is 10.8. The summed E-state index contributed by atoms with van der Waals surface area (Å²) in [6, 6.07) is 3.87. The maximum absolute atomic E-state index is 11.6. The molecule has 0 amide bonds. The monoisotopic (exact) mass is 300 g/mol. The van der Waals surface area contributed by atoms with Gasteiger partial charge in [0.2, 0.25) is 0 Å². The van der Waals surface area contributed by atoms with Gasteiger partial charge in [0.25, 0.3) is 0 Å². The van der Waals surface area contributed by atoms with Crippen LogP contribution in [0.2, 0.25) is 5.02 Å². The van der Waals surface area contributed by atoms with Crippen molar-refractivity contribution in [3.63, 3.8) is 0 Å². The lowest BCUT2D eigenvalue weighted by molar-refractivity contribution is -0.143.